The Kier molecular flexibility index (Phi) is 4.71. The third-order valence-electron chi connectivity index (χ3n) is 3.51. The molecule has 1 aromatic rings. The molecule has 0 spiro atoms. The number of benzene rings is 1. The Morgan fingerprint density at radius 3 is 2.68 bits per heavy atom. The predicted octanol–water partition coefficient (Wildman–Crippen LogP) is 1.25. The minimum Gasteiger partial charge on any atom is -0.334 e. The molecule has 1 aromatic carbocycles. The highest BCUT2D eigenvalue weighted by molar-refractivity contribution is 7.84. The third-order valence-corrected chi connectivity index (χ3v) is 4.45. The number of nitrogens with one attached hydrogen (secondary N) is 1. The molecule has 1 N–H and O–H groups in total. The predicted molar refractivity (Wildman–Crippen MR) is 76.8 cm³/mol. The Morgan fingerprint density at radius 2 is 2.11 bits per heavy atom. The van der Waals surface area contributed by atoms with Crippen molar-refractivity contribution in [3.63, 3.8) is 0 Å². The van der Waals surface area contributed by atoms with Gasteiger partial charge in [0.15, 0.2) is 0 Å². The molecule has 0 bridgehead atoms. The lowest BCUT2D eigenvalue weighted by molar-refractivity contribution is 0.0737. The second-order valence-electron chi connectivity index (χ2n) is 4.83. The second-order valence-corrected chi connectivity index (χ2v) is 6.21. The molecule has 1 fully saturated rings. The number of nitrogens with zero attached hydrogens (tertiary/aromatic N) is 1. The van der Waals surface area contributed by atoms with Crippen molar-refractivity contribution in [1.29, 1.82) is 0 Å². The summed E-state index contributed by atoms with van der Waals surface area (Å²) >= 11 is 0. The van der Waals surface area contributed by atoms with E-state index in [2.05, 4.69) is 5.32 Å². The molecule has 1 aliphatic rings. The molecule has 19 heavy (non-hydrogen) atoms. The van der Waals surface area contributed by atoms with Crippen molar-refractivity contribution >= 4 is 16.7 Å². The van der Waals surface area contributed by atoms with Gasteiger partial charge in [0, 0.05) is 46.6 Å². The number of amides is 1. The van der Waals surface area contributed by atoms with Gasteiger partial charge >= 0.3 is 0 Å². The van der Waals surface area contributed by atoms with Gasteiger partial charge in [-0.1, -0.05) is 0 Å². The molecule has 1 heterocycles. The van der Waals surface area contributed by atoms with Gasteiger partial charge in [0.25, 0.3) is 5.91 Å². The molecule has 1 saturated heterocycles. The minimum atomic E-state index is -0.997. The lowest BCUT2D eigenvalue weighted by Crippen LogP contribution is -2.40. The lowest BCUT2D eigenvalue weighted by atomic mass is 10.1. The fourth-order valence-electron chi connectivity index (χ4n) is 2.51. The molecule has 1 aliphatic heterocycles. The van der Waals surface area contributed by atoms with Gasteiger partial charge in [-0.05, 0) is 44.2 Å². The number of likely N-dealkylation sites (tertiary alicyclic amines) is 1. The SMILES string of the molecule is CNC[C@H]1CCCN1C(=O)c1ccc([S@](C)=O)cc1. The smallest absolute Gasteiger partial charge is 0.254 e. The van der Waals surface area contributed by atoms with Crippen molar-refractivity contribution < 1.29 is 9.00 Å². The summed E-state index contributed by atoms with van der Waals surface area (Å²) < 4.78 is 11.3. The fraction of sp³-hybridized carbons (Fsp3) is 0.500. The summed E-state index contributed by atoms with van der Waals surface area (Å²) in [6.45, 7) is 1.66. The highest BCUT2D eigenvalue weighted by atomic mass is 32.2. The largest absolute Gasteiger partial charge is 0.334 e. The molecule has 5 heteroatoms. The molecule has 2 atom stereocenters. The van der Waals surface area contributed by atoms with Crippen LogP contribution in [0.5, 0.6) is 0 Å². The maximum atomic E-state index is 12.4. The van der Waals surface area contributed by atoms with E-state index in [1.165, 1.54) is 0 Å². The Labute approximate surface area is 116 Å². The van der Waals surface area contributed by atoms with Crippen LogP contribution in [0.15, 0.2) is 29.2 Å². The number of rotatable bonds is 4. The Morgan fingerprint density at radius 1 is 1.42 bits per heavy atom. The molecular weight excluding hydrogens is 260 g/mol. The van der Waals surface area contributed by atoms with Crippen LogP contribution >= 0.6 is 0 Å². The molecule has 0 saturated carbocycles. The van der Waals surface area contributed by atoms with Gasteiger partial charge in [0.1, 0.15) is 0 Å². The minimum absolute atomic E-state index is 0.0752. The van der Waals surface area contributed by atoms with E-state index in [-0.39, 0.29) is 11.9 Å². The van der Waals surface area contributed by atoms with Crippen molar-refractivity contribution in [2.24, 2.45) is 0 Å². The zero-order chi connectivity index (χ0) is 13.8. The molecule has 104 valence electrons. The molecule has 1 amide bonds. The van der Waals surface area contributed by atoms with Crippen LogP contribution in [-0.2, 0) is 10.8 Å². The Balaban J connectivity index is 2.12. The van der Waals surface area contributed by atoms with Crippen molar-refractivity contribution in [1.82, 2.24) is 10.2 Å². The first-order valence-electron chi connectivity index (χ1n) is 6.52. The highest BCUT2D eigenvalue weighted by Gasteiger charge is 2.28. The van der Waals surface area contributed by atoms with Crippen molar-refractivity contribution in [2.45, 2.75) is 23.8 Å². The summed E-state index contributed by atoms with van der Waals surface area (Å²) in [5, 5.41) is 3.14. The van der Waals surface area contributed by atoms with Crippen LogP contribution in [0, 0.1) is 0 Å². The summed E-state index contributed by atoms with van der Waals surface area (Å²) in [4.78, 5) is 15.1. The zero-order valence-corrected chi connectivity index (χ0v) is 12.2. The van der Waals surface area contributed by atoms with E-state index >= 15 is 0 Å². The number of hydrogen-bond acceptors (Lipinski definition) is 3. The summed E-state index contributed by atoms with van der Waals surface area (Å²) in [7, 11) is 0.912. The number of likely N-dealkylation sites (N-methyl/N-ethyl adjacent to an activating group) is 1. The Hall–Kier alpha value is -1.20. The van der Waals surface area contributed by atoms with Crippen LogP contribution in [0.25, 0.3) is 0 Å². The van der Waals surface area contributed by atoms with Gasteiger partial charge in [0.05, 0.1) is 0 Å². The van der Waals surface area contributed by atoms with Gasteiger partial charge in [-0.25, -0.2) is 0 Å². The lowest BCUT2D eigenvalue weighted by Gasteiger charge is -2.24. The van der Waals surface area contributed by atoms with E-state index in [4.69, 9.17) is 0 Å². The highest BCUT2D eigenvalue weighted by Crippen LogP contribution is 2.20. The average Bonchev–Trinajstić information content (AvgIpc) is 2.87. The van der Waals surface area contributed by atoms with E-state index in [0.717, 1.165) is 30.8 Å². The molecular formula is C14H20N2O2S. The van der Waals surface area contributed by atoms with Crippen molar-refractivity contribution in [3.8, 4) is 0 Å². The van der Waals surface area contributed by atoms with Crippen molar-refractivity contribution in [3.05, 3.63) is 29.8 Å². The number of carbonyl (C=O) groups is 1. The maximum Gasteiger partial charge on any atom is 0.254 e. The summed E-state index contributed by atoms with van der Waals surface area (Å²) in [5.41, 5.74) is 0.678. The van der Waals surface area contributed by atoms with E-state index in [1.54, 1.807) is 30.5 Å². The summed E-state index contributed by atoms with van der Waals surface area (Å²) in [6, 6.07) is 7.37. The fourth-order valence-corrected chi connectivity index (χ4v) is 3.03. The van der Waals surface area contributed by atoms with E-state index in [9.17, 15) is 9.00 Å². The molecule has 0 aromatic heterocycles. The first-order valence-corrected chi connectivity index (χ1v) is 8.08. The quantitative estimate of drug-likeness (QED) is 0.903. The van der Waals surface area contributed by atoms with Gasteiger partial charge in [0.2, 0.25) is 0 Å². The number of carbonyl (C=O) groups excluding carboxylic acids is 1. The second kappa shape index (κ2) is 6.30. The normalized spacial score (nSPS) is 20.5. The third kappa shape index (κ3) is 3.22. The molecule has 2 rings (SSSR count). The molecule has 4 nitrogen and oxygen atoms in total. The van der Waals surface area contributed by atoms with Gasteiger partial charge < -0.3 is 10.2 Å². The molecule has 0 aliphatic carbocycles. The van der Waals surface area contributed by atoms with E-state index < -0.39 is 10.8 Å². The molecule has 0 radical (unpaired) electrons. The van der Waals surface area contributed by atoms with Crippen LogP contribution in [0.2, 0.25) is 0 Å². The van der Waals surface area contributed by atoms with Gasteiger partial charge in [-0.15, -0.1) is 0 Å². The number of hydrogen-bond donors (Lipinski definition) is 1. The average molecular weight is 280 g/mol. The van der Waals surface area contributed by atoms with Crippen LogP contribution in [0.1, 0.15) is 23.2 Å². The summed E-state index contributed by atoms with van der Waals surface area (Å²) in [5.74, 6) is 0.0752. The van der Waals surface area contributed by atoms with Crippen molar-refractivity contribution in [2.75, 3.05) is 26.4 Å². The van der Waals surface area contributed by atoms with E-state index in [1.807, 2.05) is 11.9 Å². The maximum absolute atomic E-state index is 12.4. The summed E-state index contributed by atoms with van der Waals surface area (Å²) in [6.07, 6.45) is 3.76. The first-order chi connectivity index (χ1) is 9.13. The molecule has 0 unspecified atom stereocenters. The van der Waals surface area contributed by atoms with Crippen LogP contribution in [0.4, 0.5) is 0 Å². The van der Waals surface area contributed by atoms with Crippen LogP contribution in [-0.4, -0.2) is 47.5 Å². The first kappa shape index (κ1) is 14.2. The van der Waals surface area contributed by atoms with Gasteiger partial charge in [-0.3, -0.25) is 9.00 Å². The topological polar surface area (TPSA) is 49.4 Å². The van der Waals surface area contributed by atoms with E-state index in [0.29, 0.717) is 5.56 Å². The van der Waals surface area contributed by atoms with Crippen LogP contribution < -0.4 is 5.32 Å². The monoisotopic (exact) mass is 280 g/mol. The van der Waals surface area contributed by atoms with Gasteiger partial charge in [-0.2, -0.15) is 0 Å². The zero-order valence-electron chi connectivity index (χ0n) is 11.4. The van der Waals surface area contributed by atoms with Crippen LogP contribution in [0.3, 0.4) is 0 Å². The standard InChI is InChI=1S/C14H20N2O2S/c1-15-10-12-4-3-9-16(12)14(17)11-5-7-13(8-6-11)19(2)18/h5-8,12,15H,3-4,9-10H2,1-2H3/t12-,19+/m1/s1. The Bertz CT molecular complexity index is 473.